The van der Waals surface area contributed by atoms with E-state index in [0.29, 0.717) is 25.7 Å². The molecule has 2 fully saturated rings. The molecule has 2 saturated carbocycles. The molecule has 0 amide bonds. The minimum Gasteiger partial charge on any atom is -0.380 e. The summed E-state index contributed by atoms with van der Waals surface area (Å²) >= 11 is 0. The van der Waals surface area contributed by atoms with Gasteiger partial charge >= 0.3 is 21.7 Å². The van der Waals surface area contributed by atoms with Gasteiger partial charge < -0.3 is 8.92 Å². The van der Waals surface area contributed by atoms with Gasteiger partial charge in [-0.2, -0.15) is 30.4 Å². The number of allylic oxidation sites excluding steroid dienone is 3. The van der Waals surface area contributed by atoms with Crippen molar-refractivity contribution in [3.63, 3.8) is 0 Å². The van der Waals surface area contributed by atoms with Gasteiger partial charge in [0.25, 0.3) is 0 Å². The third kappa shape index (κ3) is 4.63. The van der Waals surface area contributed by atoms with E-state index >= 15 is 0 Å². The lowest BCUT2D eigenvalue weighted by Gasteiger charge is -2.57. The van der Waals surface area contributed by atoms with Gasteiger partial charge in [0.05, 0.1) is 6.10 Å². The first-order valence-corrected chi connectivity index (χ1v) is 14.6. The molecule has 5 rings (SSSR count). The first kappa shape index (κ1) is 31.1. The molecule has 0 heterocycles. The van der Waals surface area contributed by atoms with Crippen molar-refractivity contribution in [2.75, 3.05) is 0 Å². The van der Waals surface area contributed by atoms with Crippen molar-refractivity contribution < 1.29 is 61.2 Å². The fourth-order valence-electron chi connectivity index (χ4n) is 7.68. The lowest BCUT2D eigenvalue weighted by molar-refractivity contribution is -0.280. The zero-order chi connectivity index (χ0) is 31.2. The molecule has 0 unspecified atom stereocenters. The third-order valence-corrected chi connectivity index (χ3v) is 10.8. The summed E-state index contributed by atoms with van der Waals surface area (Å²) in [4.78, 5) is 0. The Morgan fingerprint density at radius 2 is 1.36 bits per heavy atom. The average molecular weight is 637 g/mol. The van der Waals surface area contributed by atoms with E-state index in [9.17, 15) is 52.3 Å². The number of hydrogen-bond acceptors (Lipinski definition) is 4. The summed E-state index contributed by atoms with van der Waals surface area (Å²) in [7, 11) is -5.85. The standard InChI is InChI=1S/C27H26F10O4S/c1-24-9-7-13(40-26(33,34)18-19(28)21(30)23(32)22(31)20(18)29)11-12(24)3-4-14-15-5-6-17(25(15,2)10-8-16(14)24)41-42(38,39)27(35,36)37/h3,6,13-16H,4-5,7-11H2,1-2H3/t13-,14-,15-,16-,24-,25-/m0/s1. The topological polar surface area (TPSA) is 52.6 Å². The lowest BCUT2D eigenvalue weighted by Crippen LogP contribution is -2.50. The summed E-state index contributed by atoms with van der Waals surface area (Å²) in [6.07, 6.45) is -1.29. The van der Waals surface area contributed by atoms with Gasteiger partial charge in [-0.3, -0.25) is 0 Å². The average Bonchev–Trinajstić information content (AvgIpc) is 3.21. The van der Waals surface area contributed by atoms with Gasteiger partial charge in [0.15, 0.2) is 23.3 Å². The highest BCUT2D eigenvalue weighted by atomic mass is 32.2. The maximum Gasteiger partial charge on any atom is 0.534 e. The van der Waals surface area contributed by atoms with Crippen LogP contribution in [-0.2, 0) is 25.1 Å². The van der Waals surface area contributed by atoms with E-state index in [1.54, 1.807) is 6.92 Å². The number of rotatable bonds is 5. The van der Waals surface area contributed by atoms with Gasteiger partial charge in [0.2, 0.25) is 5.82 Å². The smallest absolute Gasteiger partial charge is 0.380 e. The molecule has 0 aliphatic heterocycles. The normalized spacial score (nSPS) is 33.3. The zero-order valence-corrected chi connectivity index (χ0v) is 23.1. The van der Waals surface area contributed by atoms with Crippen LogP contribution in [0.2, 0.25) is 0 Å². The Bertz CT molecular complexity index is 1440. The molecule has 0 bridgehead atoms. The molecule has 0 N–H and O–H groups in total. The molecule has 234 valence electrons. The fraction of sp³-hybridized carbons (Fsp3) is 0.630. The molecule has 0 saturated heterocycles. The minimum atomic E-state index is -5.85. The van der Waals surface area contributed by atoms with Crippen LogP contribution in [0.25, 0.3) is 0 Å². The Morgan fingerprint density at radius 1 is 0.786 bits per heavy atom. The van der Waals surface area contributed by atoms with Gasteiger partial charge in [-0.05, 0) is 74.2 Å². The molecule has 42 heavy (non-hydrogen) atoms. The van der Waals surface area contributed by atoms with E-state index < -0.39 is 73.3 Å². The Hall–Kier alpha value is -2.29. The number of ether oxygens (including phenoxy) is 1. The molecule has 4 aliphatic carbocycles. The van der Waals surface area contributed by atoms with Crippen LogP contribution >= 0.6 is 0 Å². The van der Waals surface area contributed by atoms with Crippen LogP contribution in [0.1, 0.15) is 64.4 Å². The predicted molar refractivity (Wildman–Crippen MR) is 126 cm³/mol. The molecule has 0 spiro atoms. The lowest BCUT2D eigenvalue weighted by atomic mass is 9.48. The van der Waals surface area contributed by atoms with E-state index in [4.69, 9.17) is 4.74 Å². The van der Waals surface area contributed by atoms with Crippen molar-refractivity contribution in [2.45, 2.75) is 76.5 Å². The van der Waals surface area contributed by atoms with Gasteiger partial charge in [-0.25, -0.2) is 22.0 Å². The largest absolute Gasteiger partial charge is 0.534 e. The third-order valence-electron chi connectivity index (χ3n) is 9.87. The highest BCUT2D eigenvalue weighted by Crippen LogP contribution is 2.65. The zero-order valence-electron chi connectivity index (χ0n) is 22.2. The second kappa shape index (κ2) is 9.86. The van der Waals surface area contributed by atoms with Crippen molar-refractivity contribution in [3.8, 4) is 0 Å². The summed E-state index contributed by atoms with van der Waals surface area (Å²) in [5, 5.41) is 0. The first-order chi connectivity index (χ1) is 19.2. The van der Waals surface area contributed by atoms with Crippen molar-refractivity contribution in [1.29, 1.82) is 0 Å². The molecule has 1 aromatic rings. The summed E-state index contributed by atoms with van der Waals surface area (Å²) in [5.41, 5.74) is -8.73. The Kier molecular flexibility index (Phi) is 7.31. The van der Waals surface area contributed by atoms with Crippen molar-refractivity contribution in [2.24, 2.45) is 28.6 Å². The number of fused-ring (bicyclic) bond motifs is 5. The number of alkyl halides is 5. The summed E-state index contributed by atoms with van der Waals surface area (Å²) in [6.45, 7) is 3.59. The summed E-state index contributed by atoms with van der Waals surface area (Å²) < 4.78 is 170. The molecule has 4 aliphatic rings. The van der Waals surface area contributed by atoms with Crippen molar-refractivity contribution >= 4 is 10.1 Å². The molecule has 1 aromatic carbocycles. The van der Waals surface area contributed by atoms with E-state index in [2.05, 4.69) is 4.18 Å². The maximum atomic E-state index is 14.9. The second-order valence-electron chi connectivity index (χ2n) is 11.9. The highest BCUT2D eigenvalue weighted by molar-refractivity contribution is 7.87. The number of hydrogen-bond donors (Lipinski definition) is 0. The second-order valence-corrected chi connectivity index (χ2v) is 13.5. The van der Waals surface area contributed by atoms with Crippen molar-refractivity contribution in [1.82, 2.24) is 0 Å². The fourth-order valence-corrected chi connectivity index (χ4v) is 8.27. The van der Waals surface area contributed by atoms with Crippen LogP contribution in [0.15, 0.2) is 23.5 Å². The number of halogens is 10. The summed E-state index contributed by atoms with van der Waals surface area (Å²) in [5.74, 6) is -13.6. The first-order valence-electron chi connectivity index (χ1n) is 13.2. The highest BCUT2D eigenvalue weighted by Gasteiger charge is 2.60. The van der Waals surface area contributed by atoms with Crippen LogP contribution < -0.4 is 0 Å². The van der Waals surface area contributed by atoms with Crippen LogP contribution in [0.5, 0.6) is 0 Å². The van der Waals surface area contributed by atoms with E-state index in [1.165, 1.54) is 6.08 Å². The SMILES string of the molecule is C[C@]12CC[C@H](OC(F)(F)c3c(F)c(F)c(F)c(F)c3F)CC1=CC[C@@H]1[C@@H]2CC[C@]2(C)C(OS(=O)(=O)C(F)(F)F)=CC[C@@H]12. The van der Waals surface area contributed by atoms with Gasteiger partial charge in [0, 0.05) is 5.41 Å². The molecule has 6 atom stereocenters. The van der Waals surface area contributed by atoms with E-state index in [1.807, 2.05) is 13.0 Å². The van der Waals surface area contributed by atoms with E-state index in [-0.39, 0.29) is 42.8 Å². The Morgan fingerprint density at radius 3 is 1.95 bits per heavy atom. The molecule has 0 radical (unpaired) electrons. The summed E-state index contributed by atoms with van der Waals surface area (Å²) in [6, 6.07) is 0. The maximum absolute atomic E-state index is 14.9. The van der Waals surface area contributed by atoms with Gasteiger partial charge in [-0.1, -0.05) is 25.5 Å². The van der Waals surface area contributed by atoms with Crippen LogP contribution in [-0.4, -0.2) is 20.0 Å². The molecular formula is C27H26F10O4S. The molecule has 4 nitrogen and oxygen atoms in total. The minimum absolute atomic E-state index is 0.0274. The molecular weight excluding hydrogens is 610 g/mol. The van der Waals surface area contributed by atoms with Crippen LogP contribution in [0.4, 0.5) is 43.9 Å². The monoisotopic (exact) mass is 636 g/mol. The van der Waals surface area contributed by atoms with Crippen LogP contribution in [0.3, 0.4) is 0 Å². The molecule has 0 aromatic heterocycles. The van der Waals surface area contributed by atoms with Crippen LogP contribution in [0, 0.1) is 57.7 Å². The Balaban J connectivity index is 1.34. The molecule has 15 heteroatoms. The number of benzene rings is 1. The van der Waals surface area contributed by atoms with Gasteiger partial charge in [-0.15, -0.1) is 0 Å². The Labute approximate surface area is 234 Å². The van der Waals surface area contributed by atoms with Gasteiger partial charge in [0.1, 0.15) is 11.3 Å². The quantitative estimate of drug-likeness (QED) is 0.0818. The predicted octanol–water partition coefficient (Wildman–Crippen LogP) is 8.14. The van der Waals surface area contributed by atoms with Crippen molar-refractivity contribution in [3.05, 3.63) is 58.1 Å². The van der Waals surface area contributed by atoms with E-state index in [0.717, 1.165) is 5.57 Å².